The van der Waals surface area contributed by atoms with E-state index >= 15 is 0 Å². The van der Waals surface area contributed by atoms with E-state index < -0.39 is 6.04 Å². The predicted octanol–water partition coefficient (Wildman–Crippen LogP) is 5.58. The lowest BCUT2D eigenvalue weighted by Gasteiger charge is -2.29. The van der Waals surface area contributed by atoms with Crippen molar-refractivity contribution in [2.45, 2.75) is 39.3 Å². The number of nitrogens with zero attached hydrogens (tertiary/aromatic N) is 1. The molecule has 0 aliphatic rings. The van der Waals surface area contributed by atoms with Crippen LogP contribution in [0.1, 0.15) is 32.3 Å². The molecule has 8 heteroatoms. The van der Waals surface area contributed by atoms with Crippen LogP contribution in [0.5, 0.6) is 5.75 Å². The van der Waals surface area contributed by atoms with E-state index in [1.807, 2.05) is 24.3 Å². The van der Waals surface area contributed by atoms with E-state index in [1.165, 1.54) is 4.90 Å². The molecule has 2 aromatic rings. The number of amides is 2. The number of hydrogen-bond acceptors (Lipinski definition) is 3. The predicted molar refractivity (Wildman–Crippen MR) is 127 cm³/mol. The fraction of sp³-hybridized carbons (Fsp3) is 0.364. The summed E-state index contributed by atoms with van der Waals surface area (Å²) in [4.78, 5) is 27.2. The summed E-state index contributed by atoms with van der Waals surface area (Å²) in [6.07, 6.45) is 1.88. The second-order valence-corrected chi connectivity index (χ2v) is 9.04. The van der Waals surface area contributed by atoms with Crippen LogP contribution in [0.25, 0.3) is 0 Å². The molecule has 0 aliphatic carbocycles. The molecule has 1 unspecified atom stereocenters. The van der Waals surface area contributed by atoms with E-state index in [4.69, 9.17) is 16.3 Å². The number of benzene rings is 2. The van der Waals surface area contributed by atoms with Crippen LogP contribution in [0.2, 0.25) is 5.02 Å². The highest BCUT2D eigenvalue weighted by molar-refractivity contribution is 9.10. The van der Waals surface area contributed by atoms with Gasteiger partial charge in [-0.25, -0.2) is 0 Å². The first kappa shape index (κ1) is 24.7. The average molecular weight is 561 g/mol. The maximum Gasteiger partial charge on any atom is 0.261 e. The Kier molecular flexibility index (Phi) is 10.1. The zero-order valence-electron chi connectivity index (χ0n) is 17.0. The highest BCUT2D eigenvalue weighted by atomic mass is 79.9. The quantitative estimate of drug-likeness (QED) is 0.386. The second-order valence-electron chi connectivity index (χ2n) is 6.84. The Bertz CT molecular complexity index is 879. The molecule has 0 fully saturated rings. The normalized spacial score (nSPS) is 11.6. The lowest BCUT2D eigenvalue weighted by atomic mass is 10.1. The van der Waals surface area contributed by atoms with Gasteiger partial charge in [-0.2, -0.15) is 0 Å². The van der Waals surface area contributed by atoms with Crippen LogP contribution in [0.4, 0.5) is 0 Å². The van der Waals surface area contributed by atoms with Gasteiger partial charge < -0.3 is 15.0 Å². The maximum atomic E-state index is 13.0. The smallest absolute Gasteiger partial charge is 0.261 e. The highest BCUT2D eigenvalue weighted by Gasteiger charge is 2.26. The topological polar surface area (TPSA) is 58.6 Å². The molecular weight excluding hydrogens is 536 g/mol. The molecule has 5 nitrogen and oxygen atoms in total. The first-order chi connectivity index (χ1) is 14.3. The second kappa shape index (κ2) is 12.3. The van der Waals surface area contributed by atoms with Crippen molar-refractivity contribution in [3.8, 4) is 5.75 Å². The van der Waals surface area contributed by atoms with Crippen molar-refractivity contribution < 1.29 is 14.3 Å². The molecule has 162 valence electrons. The summed E-state index contributed by atoms with van der Waals surface area (Å²) in [5.74, 6) is 0.0460. The zero-order chi connectivity index (χ0) is 22.1. The first-order valence-corrected chi connectivity index (χ1v) is 11.7. The van der Waals surface area contributed by atoms with Gasteiger partial charge in [0.15, 0.2) is 6.61 Å². The molecule has 2 amide bonds. The minimum Gasteiger partial charge on any atom is -0.483 e. The largest absolute Gasteiger partial charge is 0.483 e. The Hall–Kier alpha value is -1.57. The summed E-state index contributed by atoms with van der Waals surface area (Å²) in [5.41, 5.74) is 0.915. The molecule has 0 saturated heterocycles. The van der Waals surface area contributed by atoms with Gasteiger partial charge in [0, 0.05) is 22.6 Å². The zero-order valence-corrected chi connectivity index (χ0v) is 20.9. The summed E-state index contributed by atoms with van der Waals surface area (Å²) in [6.45, 7) is 4.49. The van der Waals surface area contributed by atoms with E-state index in [0.29, 0.717) is 28.3 Å². The molecular formula is C22H25Br2ClN2O3. The van der Waals surface area contributed by atoms with Crippen molar-refractivity contribution in [1.82, 2.24) is 10.2 Å². The van der Waals surface area contributed by atoms with Crippen molar-refractivity contribution in [2.24, 2.45) is 0 Å². The molecule has 0 aromatic heterocycles. The van der Waals surface area contributed by atoms with Gasteiger partial charge >= 0.3 is 0 Å². The third kappa shape index (κ3) is 7.60. The van der Waals surface area contributed by atoms with Gasteiger partial charge in [0.2, 0.25) is 5.91 Å². The Labute approximate surface area is 199 Å². The fourth-order valence-electron chi connectivity index (χ4n) is 2.77. The molecule has 2 rings (SSSR count). The Balaban J connectivity index is 2.13. The van der Waals surface area contributed by atoms with Crippen LogP contribution < -0.4 is 10.1 Å². The van der Waals surface area contributed by atoms with Crippen molar-refractivity contribution >= 4 is 55.3 Å². The number of carbonyl (C=O) groups excluding carboxylic acids is 2. The van der Waals surface area contributed by atoms with E-state index in [9.17, 15) is 9.59 Å². The molecule has 0 saturated carbocycles. The first-order valence-electron chi connectivity index (χ1n) is 9.71. The molecule has 1 atom stereocenters. The van der Waals surface area contributed by atoms with Gasteiger partial charge in [-0.15, -0.1) is 0 Å². The summed E-state index contributed by atoms with van der Waals surface area (Å²) in [7, 11) is 0. The van der Waals surface area contributed by atoms with Crippen LogP contribution in [-0.4, -0.2) is 35.9 Å². The third-order valence-electron chi connectivity index (χ3n) is 4.48. The van der Waals surface area contributed by atoms with Gasteiger partial charge in [-0.3, -0.25) is 9.59 Å². The molecule has 0 radical (unpaired) electrons. The summed E-state index contributed by atoms with van der Waals surface area (Å²) >= 11 is 12.8. The summed E-state index contributed by atoms with van der Waals surface area (Å²) < 4.78 is 7.26. The van der Waals surface area contributed by atoms with E-state index in [0.717, 1.165) is 22.9 Å². The standard InChI is InChI=1S/C22H25Br2ClN2O3/c1-3-4-10-26-22(29)15(2)27(13-16-6-5-7-17(23)11-16)21(28)14-30-20-9-8-18(25)12-19(20)24/h5-9,11-12,15H,3-4,10,13-14H2,1-2H3,(H,26,29). The molecule has 0 aliphatic heterocycles. The molecule has 0 bridgehead atoms. The van der Waals surface area contributed by atoms with Crippen molar-refractivity contribution in [1.29, 1.82) is 0 Å². The monoisotopic (exact) mass is 558 g/mol. The Morgan fingerprint density at radius 2 is 1.97 bits per heavy atom. The van der Waals surface area contributed by atoms with Gasteiger partial charge in [-0.1, -0.05) is 53.0 Å². The SMILES string of the molecule is CCCCNC(=O)C(C)N(Cc1cccc(Br)c1)C(=O)COc1ccc(Cl)cc1Br. The molecule has 1 N–H and O–H groups in total. The summed E-state index contributed by atoms with van der Waals surface area (Å²) in [6, 6.07) is 12.1. The van der Waals surface area contributed by atoms with E-state index in [1.54, 1.807) is 25.1 Å². The average Bonchev–Trinajstić information content (AvgIpc) is 2.71. The Morgan fingerprint density at radius 1 is 1.20 bits per heavy atom. The van der Waals surface area contributed by atoms with Crippen molar-refractivity contribution in [3.63, 3.8) is 0 Å². The fourth-order valence-corrected chi connectivity index (χ4v) is 4.01. The number of nitrogens with one attached hydrogen (secondary N) is 1. The Morgan fingerprint density at radius 3 is 2.63 bits per heavy atom. The lowest BCUT2D eigenvalue weighted by Crippen LogP contribution is -2.49. The number of rotatable bonds is 10. The van der Waals surface area contributed by atoms with Crippen LogP contribution in [0.15, 0.2) is 51.4 Å². The highest BCUT2D eigenvalue weighted by Crippen LogP contribution is 2.28. The minimum atomic E-state index is -0.634. The van der Waals surface area contributed by atoms with E-state index in [-0.39, 0.29) is 18.4 Å². The van der Waals surface area contributed by atoms with E-state index in [2.05, 4.69) is 44.1 Å². The van der Waals surface area contributed by atoms with Crippen LogP contribution >= 0.6 is 43.5 Å². The molecule has 30 heavy (non-hydrogen) atoms. The molecule has 0 spiro atoms. The maximum absolute atomic E-state index is 13.0. The van der Waals surface area contributed by atoms with Gasteiger partial charge in [0.25, 0.3) is 5.91 Å². The number of hydrogen-bond donors (Lipinski definition) is 1. The van der Waals surface area contributed by atoms with Crippen molar-refractivity contribution in [3.05, 3.63) is 62.0 Å². The number of ether oxygens (including phenoxy) is 1. The van der Waals surface area contributed by atoms with Crippen LogP contribution in [0.3, 0.4) is 0 Å². The van der Waals surface area contributed by atoms with Gasteiger partial charge in [0.1, 0.15) is 11.8 Å². The summed E-state index contributed by atoms with van der Waals surface area (Å²) in [5, 5.41) is 3.46. The van der Waals surface area contributed by atoms with Gasteiger partial charge in [0.05, 0.1) is 4.47 Å². The third-order valence-corrected chi connectivity index (χ3v) is 5.83. The number of carbonyl (C=O) groups is 2. The number of unbranched alkanes of at least 4 members (excludes halogenated alkanes) is 1. The minimum absolute atomic E-state index is 0.181. The lowest BCUT2D eigenvalue weighted by molar-refractivity contribution is -0.142. The van der Waals surface area contributed by atoms with Gasteiger partial charge in [-0.05, 0) is 65.2 Å². The van der Waals surface area contributed by atoms with Crippen LogP contribution in [-0.2, 0) is 16.1 Å². The molecule has 0 heterocycles. The van der Waals surface area contributed by atoms with Crippen LogP contribution in [0, 0.1) is 0 Å². The number of halogens is 3. The molecule has 2 aromatic carbocycles. The van der Waals surface area contributed by atoms with Crippen molar-refractivity contribution in [2.75, 3.05) is 13.2 Å².